The van der Waals surface area contributed by atoms with Crippen molar-refractivity contribution in [3.05, 3.63) is 77.6 Å². The summed E-state index contributed by atoms with van der Waals surface area (Å²) in [6.45, 7) is 1.94. The second-order valence-corrected chi connectivity index (χ2v) is 6.50. The molecule has 3 aromatic rings. The maximum Gasteiger partial charge on any atom is 0.339 e. The van der Waals surface area contributed by atoms with E-state index in [0.29, 0.717) is 17.7 Å². The van der Waals surface area contributed by atoms with Gasteiger partial charge in [-0.15, -0.1) is 0 Å². The van der Waals surface area contributed by atoms with Gasteiger partial charge in [-0.05, 0) is 37.1 Å². The van der Waals surface area contributed by atoms with Crippen LogP contribution in [0.5, 0.6) is 0 Å². The van der Waals surface area contributed by atoms with Gasteiger partial charge in [0.1, 0.15) is 0 Å². The minimum Gasteiger partial charge on any atom is -0.478 e. The van der Waals surface area contributed by atoms with Crippen LogP contribution in [-0.2, 0) is 11.2 Å². The van der Waals surface area contributed by atoms with E-state index in [4.69, 9.17) is 0 Å². The molecule has 5 heteroatoms. The first-order valence-electron chi connectivity index (χ1n) is 8.49. The number of nitrogens with one attached hydrogen (secondary N) is 1. The van der Waals surface area contributed by atoms with Crippen molar-refractivity contribution in [2.75, 3.05) is 0 Å². The molecule has 1 amide bonds. The third-order valence-electron chi connectivity index (χ3n) is 4.81. The number of aromatic amines is 1. The van der Waals surface area contributed by atoms with Crippen molar-refractivity contribution in [3.63, 3.8) is 0 Å². The van der Waals surface area contributed by atoms with Crippen molar-refractivity contribution >= 4 is 28.4 Å². The maximum absolute atomic E-state index is 12.9. The normalized spacial score (nSPS) is 16.7. The number of hydrogen-bond donors (Lipinski definition) is 2. The summed E-state index contributed by atoms with van der Waals surface area (Å²) in [5.41, 5.74) is 3.05. The maximum atomic E-state index is 12.9. The van der Waals surface area contributed by atoms with Gasteiger partial charge in [0, 0.05) is 28.7 Å². The Balaban J connectivity index is 1.86. The Hall–Kier alpha value is -3.34. The first-order chi connectivity index (χ1) is 12.6. The highest BCUT2D eigenvalue weighted by molar-refractivity contribution is 6.17. The number of para-hydroxylation sites is 1. The van der Waals surface area contributed by atoms with Gasteiger partial charge >= 0.3 is 5.97 Å². The second kappa shape index (κ2) is 6.19. The second-order valence-electron chi connectivity index (χ2n) is 6.50. The number of rotatable bonds is 2. The van der Waals surface area contributed by atoms with Crippen LogP contribution in [0.15, 0.2) is 60.8 Å². The fourth-order valence-electron chi connectivity index (χ4n) is 3.52. The zero-order valence-corrected chi connectivity index (χ0v) is 14.3. The van der Waals surface area contributed by atoms with Gasteiger partial charge in [0.2, 0.25) is 0 Å². The zero-order chi connectivity index (χ0) is 18.3. The molecule has 0 saturated carbocycles. The van der Waals surface area contributed by atoms with E-state index in [1.54, 1.807) is 24.3 Å². The lowest BCUT2D eigenvalue weighted by molar-refractivity contribution is -0.130. The molecular weight excluding hydrogens is 328 g/mol. The molecule has 0 aliphatic carbocycles. The number of amides is 1. The van der Waals surface area contributed by atoms with Crippen LogP contribution in [0.3, 0.4) is 0 Å². The SMILES string of the molecule is CC1Cc2c([nH]c3ccccc23)C(C(=O)O)=CN1C(=O)c1ccccc1. The number of carbonyl (C=O) groups is 2. The van der Waals surface area contributed by atoms with Crippen LogP contribution < -0.4 is 0 Å². The predicted molar refractivity (Wildman–Crippen MR) is 99.7 cm³/mol. The van der Waals surface area contributed by atoms with Gasteiger partial charge in [-0.3, -0.25) is 4.79 Å². The third kappa shape index (κ3) is 2.58. The van der Waals surface area contributed by atoms with Gasteiger partial charge in [0.15, 0.2) is 0 Å². The van der Waals surface area contributed by atoms with E-state index in [-0.39, 0.29) is 17.5 Å². The highest BCUT2D eigenvalue weighted by Crippen LogP contribution is 2.33. The summed E-state index contributed by atoms with van der Waals surface area (Å²) in [6, 6.07) is 16.5. The van der Waals surface area contributed by atoms with Crippen LogP contribution in [-0.4, -0.2) is 32.9 Å². The van der Waals surface area contributed by atoms with Crippen LogP contribution in [0.25, 0.3) is 16.5 Å². The summed E-state index contributed by atoms with van der Waals surface area (Å²) in [7, 11) is 0. The van der Waals surface area contributed by atoms with E-state index in [2.05, 4.69) is 4.98 Å². The van der Waals surface area contributed by atoms with E-state index in [1.165, 1.54) is 11.1 Å². The molecule has 26 heavy (non-hydrogen) atoms. The van der Waals surface area contributed by atoms with Crippen molar-refractivity contribution in [2.24, 2.45) is 0 Å². The molecular formula is C21H18N2O3. The van der Waals surface area contributed by atoms with Crippen LogP contribution in [0, 0.1) is 0 Å². The number of aromatic nitrogens is 1. The van der Waals surface area contributed by atoms with Crippen LogP contribution in [0.1, 0.15) is 28.5 Å². The molecule has 1 unspecified atom stereocenters. The number of aliphatic carboxylic acids is 1. The Morgan fingerprint density at radius 2 is 1.77 bits per heavy atom. The Bertz CT molecular complexity index is 1030. The molecule has 1 aliphatic rings. The van der Waals surface area contributed by atoms with Crippen molar-refractivity contribution < 1.29 is 14.7 Å². The summed E-state index contributed by atoms with van der Waals surface area (Å²) >= 11 is 0. The smallest absolute Gasteiger partial charge is 0.339 e. The number of benzene rings is 2. The average Bonchev–Trinajstić information content (AvgIpc) is 2.93. The summed E-state index contributed by atoms with van der Waals surface area (Å²) in [4.78, 5) is 29.6. The molecule has 0 spiro atoms. The first-order valence-corrected chi connectivity index (χ1v) is 8.49. The van der Waals surface area contributed by atoms with Gasteiger partial charge in [-0.2, -0.15) is 0 Å². The molecule has 130 valence electrons. The number of nitrogens with zero attached hydrogens (tertiary/aromatic N) is 1. The largest absolute Gasteiger partial charge is 0.478 e. The van der Waals surface area contributed by atoms with Crippen LogP contribution in [0.4, 0.5) is 0 Å². The molecule has 1 aromatic heterocycles. The van der Waals surface area contributed by atoms with E-state index < -0.39 is 5.97 Å². The van der Waals surface area contributed by atoms with Gasteiger partial charge in [0.05, 0.1) is 11.3 Å². The number of carbonyl (C=O) groups excluding carboxylic acids is 1. The van der Waals surface area contributed by atoms with Crippen molar-refractivity contribution in [1.82, 2.24) is 9.88 Å². The van der Waals surface area contributed by atoms with E-state index >= 15 is 0 Å². The van der Waals surface area contributed by atoms with E-state index in [0.717, 1.165) is 16.5 Å². The summed E-state index contributed by atoms with van der Waals surface area (Å²) in [5, 5.41) is 10.8. The summed E-state index contributed by atoms with van der Waals surface area (Å²) in [5.74, 6) is -1.26. The molecule has 2 N–H and O–H groups in total. The molecule has 0 bridgehead atoms. The van der Waals surface area contributed by atoms with Gasteiger partial charge in [-0.25, -0.2) is 4.79 Å². The van der Waals surface area contributed by atoms with Crippen LogP contribution in [0.2, 0.25) is 0 Å². The van der Waals surface area contributed by atoms with Gasteiger partial charge in [-0.1, -0.05) is 36.4 Å². The lowest BCUT2D eigenvalue weighted by Crippen LogP contribution is -2.35. The lowest BCUT2D eigenvalue weighted by Gasteiger charge is -2.25. The highest BCUT2D eigenvalue weighted by atomic mass is 16.4. The molecule has 1 atom stereocenters. The number of carboxylic acid groups (broad SMARTS) is 1. The van der Waals surface area contributed by atoms with E-state index in [9.17, 15) is 14.7 Å². The monoisotopic (exact) mass is 346 g/mol. The van der Waals surface area contributed by atoms with E-state index in [1.807, 2.05) is 37.3 Å². The summed E-state index contributed by atoms with van der Waals surface area (Å²) in [6.07, 6.45) is 2.04. The standard InChI is InChI=1S/C21H18N2O3/c1-13-11-16-15-9-5-6-10-18(15)22-19(16)17(21(25)26)12-23(13)20(24)14-7-3-2-4-8-14/h2-10,12-13,22H,11H2,1H3,(H,25,26). The molecule has 5 nitrogen and oxygen atoms in total. The predicted octanol–water partition coefficient (Wildman–Crippen LogP) is 3.68. The fourth-order valence-corrected chi connectivity index (χ4v) is 3.52. The van der Waals surface area contributed by atoms with Gasteiger partial charge < -0.3 is 15.0 Å². The fraction of sp³-hybridized carbons (Fsp3) is 0.143. The Kier molecular flexibility index (Phi) is 3.84. The molecule has 1 aliphatic heterocycles. The average molecular weight is 346 g/mol. The molecule has 0 radical (unpaired) electrons. The lowest BCUT2D eigenvalue weighted by atomic mass is 10.0. The quantitative estimate of drug-likeness (QED) is 0.743. The zero-order valence-electron chi connectivity index (χ0n) is 14.3. The molecule has 4 rings (SSSR count). The highest BCUT2D eigenvalue weighted by Gasteiger charge is 2.30. The number of carboxylic acids is 1. The Labute approximate surface area is 150 Å². The number of H-pyrrole nitrogens is 1. The minimum atomic E-state index is -1.06. The Morgan fingerprint density at radius 3 is 2.50 bits per heavy atom. The molecule has 2 aromatic carbocycles. The molecule has 0 saturated heterocycles. The number of hydrogen-bond acceptors (Lipinski definition) is 2. The van der Waals surface area contributed by atoms with Crippen molar-refractivity contribution in [1.29, 1.82) is 0 Å². The summed E-state index contributed by atoms with van der Waals surface area (Å²) < 4.78 is 0. The van der Waals surface area contributed by atoms with Crippen molar-refractivity contribution in [2.45, 2.75) is 19.4 Å². The topological polar surface area (TPSA) is 73.4 Å². The molecule has 0 fully saturated rings. The van der Waals surface area contributed by atoms with Crippen LogP contribution >= 0.6 is 0 Å². The third-order valence-corrected chi connectivity index (χ3v) is 4.81. The van der Waals surface area contributed by atoms with Crippen molar-refractivity contribution in [3.8, 4) is 0 Å². The van der Waals surface area contributed by atoms with Gasteiger partial charge in [0.25, 0.3) is 5.91 Å². The molecule has 2 heterocycles. The minimum absolute atomic E-state index is 0.102. The number of fused-ring (bicyclic) bond motifs is 3. The Morgan fingerprint density at radius 1 is 1.08 bits per heavy atom. The first kappa shape index (κ1) is 16.1.